The van der Waals surface area contributed by atoms with Gasteiger partial charge in [0.05, 0.1) is 7.11 Å². The Labute approximate surface area is 116 Å². The van der Waals surface area contributed by atoms with Gasteiger partial charge in [-0.2, -0.15) is 0 Å². The number of methoxy groups -OCH3 is 1. The highest BCUT2D eigenvalue weighted by Crippen LogP contribution is 2.47. The number of pyridine rings is 1. The second-order valence-electron chi connectivity index (χ2n) is 2.41. The van der Waals surface area contributed by atoms with E-state index in [9.17, 15) is 0 Å². The van der Waals surface area contributed by atoms with Crippen LogP contribution in [-0.4, -0.2) is 12.1 Å². The fraction of sp³-hybridized carbons (Fsp3) is 0.286. The molecule has 0 atom stereocenters. The number of nitrogens with zero attached hydrogens (tertiary/aromatic N) is 1. The van der Waals surface area contributed by atoms with Crippen molar-refractivity contribution in [3.8, 4) is 5.75 Å². The molecule has 0 saturated heterocycles. The van der Waals surface area contributed by atoms with Crippen LogP contribution in [0.4, 0.5) is 0 Å². The van der Waals surface area contributed by atoms with Gasteiger partial charge < -0.3 is 4.74 Å². The van der Waals surface area contributed by atoms with Crippen molar-refractivity contribution < 1.29 is 4.74 Å². The van der Waals surface area contributed by atoms with Gasteiger partial charge in [0.25, 0.3) is 0 Å². The Bertz CT molecular complexity index is 388. The summed E-state index contributed by atoms with van der Waals surface area (Å²) in [5.74, 6) is 0.125. The van der Waals surface area contributed by atoms with Crippen LogP contribution < -0.4 is 4.74 Å². The van der Waals surface area contributed by atoms with Gasteiger partial charge in [-0.1, -0.05) is 69.6 Å². The molecule has 0 fully saturated rings. The quantitative estimate of drug-likeness (QED) is 0.541. The molecule has 0 saturated carbocycles. The largest absolute Gasteiger partial charge is 0.493 e. The second-order valence-corrected chi connectivity index (χ2v) is 5.81. The summed E-state index contributed by atoms with van der Waals surface area (Å²) in [6.07, 6.45) is 0. The van der Waals surface area contributed by atoms with Crippen molar-refractivity contribution in [1.29, 1.82) is 0 Å². The fourth-order valence-electron chi connectivity index (χ4n) is 0.861. The van der Waals surface area contributed by atoms with Crippen LogP contribution in [0.1, 0.15) is 5.69 Å². The van der Waals surface area contributed by atoms with E-state index in [0.29, 0.717) is 0 Å². The number of rotatable bonds is 1. The van der Waals surface area contributed by atoms with E-state index in [1.807, 2.05) is 0 Å². The molecule has 0 spiro atoms. The van der Waals surface area contributed by atoms with Crippen molar-refractivity contribution in [2.45, 2.75) is 3.79 Å². The van der Waals surface area contributed by atoms with E-state index in [1.54, 1.807) is 0 Å². The van der Waals surface area contributed by atoms with E-state index in [4.69, 9.17) is 74.3 Å². The topological polar surface area (TPSA) is 22.1 Å². The van der Waals surface area contributed by atoms with Gasteiger partial charge in [0, 0.05) is 0 Å². The van der Waals surface area contributed by atoms with Crippen molar-refractivity contribution in [2.75, 3.05) is 7.11 Å². The predicted molar refractivity (Wildman–Crippen MR) is 65.1 cm³/mol. The Morgan fingerprint density at radius 2 is 1.60 bits per heavy atom. The minimum Gasteiger partial charge on any atom is -0.493 e. The van der Waals surface area contributed by atoms with E-state index in [0.717, 1.165) is 0 Å². The molecule has 0 aliphatic rings. The molecule has 0 bridgehead atoms. The molecule has 1 heterocycles. The summed E-state index contributed by atoms with van der Waals surface area (Å²) in [5, 5.41) is 0.0494. The summed E-state index contributed by atoms with van der Waals surface area (Å²) >= 11 is 34.3. The van der Waals surface area contributed by atoms with E-state index in [2.05, 4.69) is 4.98 Å². The fourth-order valence-corrected chi connectivity index (χ4v) is 2.20. The lowest BCUT2D eigenvalue weighted by atomic mass is 10.3. The Morgan fingerprint density at radius 1 is 1.07 bits per heavy atom. The number of alkyl halides is 3. The summed E-state index contributed by atoms with van der Waals surface area (Å²) < 4.78 is 3.14. The molecule has 8 heteroatoms. The summed E-state index contributed by atoms with van der Waals surface area (Å²) in [4.78, 5) is 3.78. The van der Waals surface area contributed by atoms with Gasteiger partial charge in [-0.15, -0.1) is 0 Å². The summed E-state index contributed by atoms with van der Waals surface area (Å²) in [6, 6.07) is 0. The van der Waals surface area contributed by atoms with Gasteiger partial charge in [-0.25, -0.2) is 4.98 Å². The molecule has 1 aromatic rings. The molecule has 2 nitrogen and oxygen atoms in total. The second kappa shape index (κ2) is 4.91. The molecule has 0 unspecified atom stereocenters. The maximum absolute atomic E-state index is 5.89. The molecule has 0 aliphatic heterocycles. The van der Waals surface area contributed by atoms with E-state index >= 15 is 0 Å². The monoisotopic (exact) mass is 327 g/mol. The first-order valence-electron chi connectivity index (χ1n) is 3.44. The molecule has 0 amide bonds. The lowest BCUT2D eigenvalue weighted by Gasteiger charge is -2.15. The normalized spacial score (nSPS) is 11.7. The average Bonchev–Trinajstić information content (AvgIpc) is 2.10. The van der Waals surface area contributed by atoms with Crippen molar-refractivity contribution in [3.63, 3.8) is 0 Å². The van der Waals surface area contributed by atoms with Gasteiger partial charge in [0.15, 0.2) is 10.9 Å². The molecule has 84 valence electrons. The number of hydrogen-bond acceptors (Lipinski definition) is 2. The summed E-state index contributed by atoms with van der Waals surface area (Å²) in [7, 11) is 1.37. The van der Waals surface area contributed by atoms with Crippen LogP contribution in [-0.2, 0) is 3.79 Å². The predicted octanol–water partition coefficient (Wildman–Crippen LogP) is 4.88. The standard InChI is InChI=1S/C7H3Cl6NO/c1-15-4-2(8)5(7(11,12)13)14-6(10)3(4)9/h1H3. The summed E-state index contributed by atoms with van der Waals surface area (Å²) in [5.41, 5.74) is -0.0274. The van der Waals surface area contributed by atoms with Crippen LogP contribution in [0.5, 0.6) is 5.75 Å². The highest BCUT2D eigenvalue weighted by molar-refractivity contribution is 6.67. The minimum atomic E-state index is -1.79. The van der Waals surface area contributed by atoms with Crippen LogP contribution >= 0.6 is 69.6 Å². The third-order valence-corrected chi connectivity index (χ3v) is 3.08. The van der Waals surface area contributed by atoms with E-state index < -0.39 is 3.79 Å². The van der Waals surface area contributed by atoms with E-state index in [1.165, 1.54) is 7.11 Å². The first-order valence-corrected chi connectivity index (χ1v) is 5.71. The Hall–Kier alpha value is 0.690. The zero-order chi connectivity index (χ0) is 11.8. The van der Waals surface area contributed by atoms with E-state index in [-0.39, 0.29) is 26.6 Å². The van der Waals surface area contributed by atoms with Crippen LogP contribution in [0.2, 0.25) is 15.2 Å². The molecular weight excluding hydrogens is 327 g/mol. The van der Waals surface area contributed by atoms with Gasteiger partial charge in [-0.05, 0) is 0 Å². The smallest absolute Gasteiger partial charge is 0.234 e. The minimum absolute atomic E-state index is 0.0203. The highest BCUT2D eigenvalue weighted by Gasteiger charge is 2.31. The Balaban J connectivity index is 3.51. The number of ether oxygens (including phenoxy) is 1. The molecule has 0 aliphatic carbocycles. The number of aromatic nitrogens is 1. The SMILES string of the molecule is COc1c(Cl)c(Cl)nc(C(Cl)(Cl)Cl)c1Cl. The maximum Gasteiger partial charge on any atom is 0.234 e. The van der Waals surface area contributed by atoms with Crippen molar-refractivity contribution >= 4 is 69.6 Å². The van der Waals surface area contributed by atoms with Crippen LogP contribution in [0, 0.1) is 0 Å². The van der Waals surface area contributed by atoms with Crippen LogP contribution in [0.3, 0.4) is 0 Å². The van der Waals surface area contributed by atoms with Gasteiger partial charge in [0.1, 0.15) is 15.7 Å². The first-order chi connectivity index (χ1) is 6.79. The summed E-state index contributed by atoms with van der Waals surface area (Å²) in [6.45, 7) is 0. The lowest BCUT2D eigenvalue weighted by molar-refractivity contribution is 0.414. The van der Waals surface area contributed by atoms with Gasteiger partial charge >= 0.3 is 0 Å². The molecule has 0 radical (unpaired) electrons. The Kier molecular flexibility index (Phi) is 4.50. The third-order valence-electron chi connectivity index (χ3n) is 1.47. The van der Waals surface area contributed by atoms with Crippen molar-refractivity contribution in [2.24, 2.45) is 0 Å². The van der Waals surface area contributed by atoms with Crippen molar-refractivity contribution in [3.05, 3.63) is 20.9 Å². The maximum atomic E-state index is 5.89. The molecule has 0 N–H and O–H groups in total. The molecular formula is C7H3Cl6NO. The van der Waals surface area contributed by atoms with Crippen LogP contribution in [0.15, 0.2) is 0 Å². The molecule has 0 aromatic carbocycles. The molecule has 15 heavy (non-hydrogen) atoms. The third kappa shape index (κ3) is 2.87. The van der Waals surface area contributed by atoms with Gasteiger partial charge in [-0.3, -0.25) is 0 Å². The lowest BCUT2D eigenvalue weighted by Crippen LogP contribution is -2.06. The van der Waals surface area contributed by atoms with Crippen LogP contribution in [0.25, 0.3) is 0 Å². The van der Waals surface area contributed by atoms with Crippen molar-refractivity contribution in [1.82, 2.24) is 4.98 Å². The Morgan fingerprint density at radius 3 is 2.00 bits per heavy atom. The first kappa shape index (κ1) is 13.8. The zero-order valence-electron chi connectivity index (χ0n) is 7.12. The highest BCUT2D eigenvalue weighted by atomic mass is 35.6. The number of hydrogen-bond donors (Lipinski definition) is 0. The zero-order valence-corrected chi connectivity index (χ0v) is 11.7. The van der Waals surface area contributed by atoms with Gasteiger partial charge in [0.2, 0.25) is 3.79 Å². The molecule has 1 aromatic heterocycles. The average molecular weight is 330 g/mol. The number of halogens is 6. The molecule has 1 rings (SSSR count).